The van der Waals surface area contributed by atoms with E-state index >= 15 is 0 Å². The van der Waals surface area contributed by atoms with Crippen molar-refractivity contribution in [3.8, 4) is 16.9 Å². The van der Waals surface area contributed by atoms with Gasteiger partial charge in [-0.25, -0.2) is 8.78 Å². The largest absolute Gasteiger partial charge is 0.497 e. The highest BCUT2D eigenvalue weighted by atomic mass is 35.5. The molecule has 0 bridgehead atoms. The molecule has 0 saturated carbocycles. The second kappa shape index (κ2) is 6.15. The van der Waals surface area contributed by atoms with Gasteiger partial charge in [-0.3, -0.25) is 0 Å². The molecule has 3 aromatic carbocycles. The minimum absolute atomic E-state index is 0.0583. The van der Waals surface area contributed by atoms with Crippen molar-refractivity contribution >= 4 is 33.2 Å². The highest BCUT2D eigenvalue weighted by molar-refractivity contribution is 8.33. The predicted molar refractivity (Wildman–Crippen MR) is 103 cm³/mol. The Morgan fingerprint density at radius 1 is 0.808 bits per heavy atom. The van der Waals surface area contributed by atoms with Crippen LogP contribution in [0.3, 0.4) is 0 Å². The van der Waals surface area contributed by atoms with E-state index in [4.69, 9.17) is 27.9 Å². The molecule has 0 fully saturated rings. The minimum Gasteiger partial charge on any atom is -0.497 e. The summed E-state index contributed by atoms with van der Waals surface area (Å²) >= 11 is 12.4. The topological polar surface area (TPSA) is 9.23 Å². The standard InChI is InChI=1S/C20H14Cl2F2OS/c1-25-13-9-16(23)20(17(24)10-13)26(2)18-5-3-11(21)7-14(18)15-8-12(22)4-6-19(15)26/h3-10H,1-2H3. The molecule has 0 aliphatic carbocycles. The maximum atomic E-state index is 15.0. The molecule has 0 atom stereocenters. The highest BCUT2D eigenvalue weighted by Gasteiger charge is 2.40. The number of rotatable bonds is 2. The van der Waals surface area contributed by atoms with Gasteiger partial charge >= 0.3 is 0 Å². The minimum atomic E-state index is -2.14. The summed E-state index contributed by atoms with van der Waals surface area (Å²) in [6.45, 7) is 0. The second-order valence-electron chi connectivity index (χ2n) is 6.12. The molecule has 0 aromatic heterocycles. The van der Waals surface area contributed by atoms with Crippen molar-refractivity contribution in [2.75, 3.05) is 13.4 Å². The van der Waals surface area contributed by atoms with E-state index in [0.717, 1.165) is 20.9 Å². The second-order valence-corrected chi connectivity index (χ2v) is 10.1. The molecular formula is C20H14Cl2F2OS. The lowest BCUT2D eigenvalue weighted by Crippen LogP contribution is -2.04. The molecular weight excluding hydrogens is 397 g/mol. The van der Waals surface area contributed by atoms with Gasteiger partial charge in [0.1, 0.15) is 17.4 Å². The van der Waals surface area contributed by atoms with Crippen molar-refractivity contribution in [3.63, 3.8) is 0 Å². The van der Waals surface area contributed by atoms with E-state index in [1.807, 2.05) is 30.5 Å². The molecule has 1 nitrogen and oxygen atoms in total. The van der Waals surface area contributed by atoms with Crippen LogP contribution in [0.25, 0.3) is 11.1 Å². The average Bonchev–Trinajstić information content (AvgIpc) is 2.82. The van der Waals surface area contributed by atoms with Crippen LogP contribution in [-0.2, 0) is 0 Å². The van der Waals surface area contributed by atoms with Gasteiger partial charge in [-0.2, -0.15) is 10.0 Å². The normalized spacial score (nSPS) is 15.3. The van der Waals surface area contributed by atoms with E-state index in [9.17, 15) is 8.78 Å². The fraction of sp³-hybridized carbons (Fsp3) is 0.100. The van der Waals surface area contributed by atoms with Crippen molar-refractivity contribution < 1.29 is 13.5 Å². The van der Waals surface area contributed by atoms with E-state index in [1.54, 1.807) is 12.1 Å². The number of hydrogen-bond donors (Lipinski definition) is 0. The van der Waals surface area contributed by atoms with Gasteiger partial charge in [0, 0.05) is 32.0 Å². The molecule has 1 heterocycles. The Morgan fingerprint density at radius 2 is 1.27 bits per heavy atom. The molecule has 4 rings (SSSR count). The van der Waals surface area contributed by atoms with Gasteiger partial charge in [0.15, 0.2) is 0 Å². The zero-order valence-electron chi connectivity index (χ0n) is 13.9. The number of benzene rings is 3. The Bertz CT molecular complexity index is 977. The van der Waals surface area contributed by atoms with Crippen molar-refractivity contribution in [2.24, 2.45) is 0 Å². The third kappa shape index (κ3) is 2.43. The fourth-order valence-corrected chi connectivity index (χ4v) is 7.34. The molecule has 0 N–H and O–H groups in total. The van der Waals surface area contributed by atoms with Crippen LogP contribution in [0.4, 0.5) is 8.78 Å². The maximum Gasteiger partial charge on any atom is 0.142 e. The molecule has 1 aliphatic heterocycles. The lowest BCUT2D eigenvalue weighted by molar-refractivity contribution is 0.403. The van der Waals surface area contributed by atoms with Crippen LogP contribution in [-0.4, -0.2) is 13.4 Å². The third-order valence-electron chi connectivity index (χ3n) is 4.67. The monoisotopic (exact) mass is 410 g/mol. The van der Waals surface area contributed by atoms with Crippen LogP contribution in [0, 0.1) is 11.6 Å². The summed E-state index contributed by atoms with van der Waals surface area (Å²) in [6.07, 6.45) is 1.90. The number of ether oxygens (including phenoxy) is 1. The molecule has 134 valence electrons. The highest BCUT2D eigenvalue weighted by Crippen LogP contribution is 2.75. The summed E-state index contributed by atoms with van der Waals surface area (Å²) in [5.41, 5.74) is 1.73. The van der Waals surface area contributed by atoms with E-state index in [2.05, 4.69) is 0 Å². The van der Waals surface area contributed by atoms with Gasteiger partial charge in [-0.15, -0.1) is 0 Å². The summed E-state index contributed by atoms with van der Waals surface area (Å²) < 4.78 is 35.0. The van der Waals surface area contributed by atoms with Crippen LogP contribution in [0.15, 0.2) is 63.2 Å². The van der Waals surface area contributed by atoms with E-state index in [1.165, 1.54) is 19.2 Å². The van der Waals surface area contributed by atoms with E-state index in [-0.39, 0.29) is 10.6 Å². The molecule has 0 radical (unpaired) electrons. The first-order valence-corrected chi connectivity index (χ1v) is 10.6. The molecule has 1 aliphatic rings. The molecule has 0 unspecified atom stereocenters. The number of methoxy groups -OCH3 is 1. The third-order valence-corrected chi connectivity index (χ3v) is 8.82. The Hall–Kier alpha value is -1.75. The van der Waals surface area contributed by atoms with Crippen LogP contribution >= 0.6 is 33.2 Å². The molecule has 3 aromatic rings. The van der Waals surface area contributed by atoms with Gasteiger partial charge in [-0.05, 0) is 53.8 Å². The Kier molecular flexibility index (Phi) is 4.18. The first-order chi connectivity index (χ1) is 12.4. The van der Waals surface area contributed by atoms with E-state index < -0.39 is 21.7 Å². The zero-order valence-corrected chi connectivity index (χ0v) is 16.3. The molecule has 26 heavy (non-hydrogen) atoms. The first-order valence-electron chi connectivity index (χ1n) is 7.77. The molecule has 0 saturated heterocycles. The van der Waals surface area contributed by atoms with Crippen LogP contribution in [0.5, 0.6) is 5.75 Å². The van der Waals surface area contributed by atoms with Crippen molar-refractivity contribution in [1.82, 2.24) is 0 Å². The van der Waals surface area contributed by atoms with Crippen LogP contribution < -0.4 is 4.74 Å². The average molecular weight is 411 g/mol. The van der Waals surface area contributed by atoms with E-state index in [0.29, 0.717) is 10.0 Å². The summed E-state index contributed by atoms with van der Waals surface area (Å²) in [7, 11) is -0.762. The lowest BCUT2D eigenvalue weighted by atomic mass is 10.1. The van der Waals surface area contributed by atoms with Crippen LogP contribution in [0.2, 0.25) is 10.0 Å². The van der Waals surface area contributed by atoms with Crippen molar-refractivity contribution in [3.05, 3.63) is 70.2 Å². The Labute approximate surface area is 161 Å². The summed E-state index contributed by atoms with van der Waals surface area (Å²) in [4.78, 5) is 1.78. The quantitative estimate of drug-likeness (QED) is 0.434. The number of fused-ring (bicyclic) bond motifs is 3. The smallest absolute Gasteiger partial charge is 0.142 e. The summed E-state index contributed by atoms with van der Waals surface area (Å²) in [5, 5.41) is 1.13. The number of hydrogen-bond acceptors (Lipinski definition) is 1. The lowest BCUT2D eigenvalue weighted by Gasteiger charge is -2.34. The summed E-state index contributed by atoms with van der Waals surface area (Å²) in [5.74, 6) is -1.09. The summed E-state index contributed by atoms with van der Waals surface area (Å²) in [6, 6.07) is 13.3. The van der Waals surface area contributed by atoms with Gasteiger partial charge in [-0.1, -0.05) is 23.2 Å². The van der Waals surface area contributed by atoms with Crippen LogP contribution in [0.1, 0.15) is 0 Å². The van der Waals surface area contributed by atoms with Crippen molar-refractivity contribution in [2.45, 2.75) is 14.7 Å². The fourth-order valence-electron chi connectivity index (χ4n) is 3.52. The van der Waals surface area contributed by atoms with Gasteiger partial charge < -0.3 is 4.74 Å². The van der Waals surface area contributed by atoms with Crippen molar-refractivity contribution in [1.29, 1.82) is 0 Å². The Morgan fingerprint density at radius 3 is 1.69 bits per heavy atom. The number of halogens is 4. The van der Waals surface area contributed by atoms with Gasteiger partial charge in [0.05, 0.1) is 12.0 Å². The molecule has 6 heteroatoms. The first kappa shape index (κ1) is 17.7. The molecule has 0 spiro atoms. The Balaban J connectivity index is 2.10. The molecule has 0 amide bonds. The predicted octanol–water partition coefficient (Wildman–Crippen LogP) is 7.17. The maximum absolute atomic E-state index is 15.0. The van der Waals surface area contributed by atoms with Gasteiger partial charge in [0.25, 0.3) is 0 Å². The zero-order chi connectivity index (χ0) is 18.6. The SMILES string of the molecule is COc1cc(F)c(S2(C)c3ccc(Cl)cc3-c3cc(Cl)ccc32)c(F)c1. The van der Waals surface area contributed by atoms with Gasteiger partial charge in [0.2, 0.25) is 0 Å².